The summed E-state index contributed by atoms with van der Waals surface area (Å²) < 4.78 is 0. The zero-order chi connectivity index (χ0) is 13.5. The first-order chi connectivity index (χ1) is 7.67. The van der Waals surface area contributed by atoms with Gasteiger partial charge in [0.15, 0.2) is 0 Å². The van der Waals surface area contributed by atoms with Crippen molar-refractivity contribution in [3.8, 4) is 0 Å². The van der Waals surface area contributed by atoms with Gasteiger partial charge in [-0.25, -0.2) is 0 Å². The van der Waals surface area contributed by atoms with Crippen LogP contribution in [0.1, 0.15) is 45.4 Å². The Labute approximate surface area is 112 Å². The molecular formula is C15H34Si2. The SMILES string of the molecule is CCCCCCC/C(=C\[Si](C)(C)C)[Si](C)(C)C. The van der Waals surface area contributed by atoms with Crippen molar-refractivity contribution in [3.05, 3.63) is 10.9 Å². The number of hydrogen-bond donors (Lipinski definition) is 0. The summed E-state index contributed by atoms with van der Waals surface area (Å²) in [5.41, 5.74) is 2.69. The zero-order valence-electron chi connectivity index (χ0n) is 13.3. The summed E-state index contributed by atoms with van der Waals surface area (Å²) in [7, 11) is -2.10. The van der Waals surface area contributed by atoms with Gasteiger partial charge in [0.1, 0.15) is 0 Å². The molecule has 0 fully saturated rings. The van der Waals surface area contributed by atoms with E-state index in [1.807, 2.05) is 5.20 Å². The predicted octanol–water partition coefficient (Wildman–Crippen LogP) is 6.03. The normalized spacial score (nSPS) is 14.2. The van der Waals surface area contributed by atoms with Crippen LogP contribution in [-0.2, 0) is 0 Å². The Morgan fingerprint density at radius 3 is 1.76 bits per heavy atom. The molecule has 0 saturated heterocycles. The Morgan fingerprint density at radius 2 is 1.35 bits per heavy atom. The fraction of sp³-hybridized carbons (Fsp3) is 0.867. The van der Waals surface area contributed by atoms with Crippen LogP contribution < -0.4 is 0 Å². The molecule has 0 radical (unpaired) electrons. The lowest BCUT2D eigenvalue weighted by atomic mass is 10.1. The van der Waals surface area contributed by atoms with Crippen LogP contribution in [0.5, 0.6) is 0 Å². The molecule has 0 aromatic rings. The summed E-state index contributed by atoms with van der Waals surface area (Å²) in [5.74, 6) is 0. The topological polar surface area (TPSA) is 0 Å². The van der Waals surface area contributed by atoms with Crippen molar-refractivity contribution < 1.29 is 0 Å². The maximum atomic E-state index is 2.69. The van der Waals surface area contributed by atoms with Crippen molar-refractivity contribution in [1.29, 1.82) is 0 Å². The molecule has 0 aromatic heterocycles. The van der Waals surface area contributed by atoms with Gasteiger partial charge in [0, 0.05) is 0 Å². The third kappa shape index (κ3) is 9.84. The molecule has 0 aliphatic rings. The maximum absolute atomic E-state index is 2.69. The van der Waals surface area contributed by atoms with Gasteiger partial charge in [0.2, 0.25) is 0 Å². The van der Waals surface area contributed by atoms with E-state index >= 15 is 0 Å². The summed E-state index contributed by atoms with van der Waals surface area (Å²) in [6.45, 7) is 17.2. The summed E-state index contributed by atoms with van der Waals surface area (Å²) >= 11 is 0. The molecule has 2 heteroatoms. The van der Waals surface area contributed by atoms with E-state index in [2.05, 4.69) is 51.9 Å². The molecule has 0 amide bonds. The maximum Gasteiger partial charge on any atom is 0.0715 e. The van der Waals surface area contributed by atoms with Crippen molar-refractivity contribution in [2.45, 2.75) is 84.7 Å². The third-order valence-electron chi connectivity index (χ3n) is 3.12. The van der Waals surface area contributed by atoms with E-state index in [1.54, 1.807) is 0 Å². The second kappa shape index (κ2) is 7.57. The van der Waals surface area contributed by atoms with Crippen molar-refractivity contribution in [2.75, 3.05) is 0 Å². The largest absolute Gasteiger partial charge is 0.0995 e. The van der Waals surface area contributed by atoms with Crippen LogP contribution in [0.3, 0.4) is 0 Å². The lowest BCUT2D eigenvalue weighted by Crippen LogP contribution is -2.28. The molecule has 0 spiro atoms. The summed E-state index contributed by atoms with van der Waals surface area (Å²) in [4.78, 5) is 0. The fourth-order valence-electron chi connectivity index (χ4n) is 2.11. The van der Waals surface area contributed by atoms with Gasteiger partial charge in [-0.1, -0.05) is 82.8 Å². The minimum atomic E-state index is -1.07. The average molecular weight is 271 g/mol. The molecule has 0 aromatic carbocycles. The van der Waals surface area contributed by atoms with Crippen LogP contribution in [0.25, 0.3) is 0 Å². The van der Waals surface area contributed by atoms with E-state index in [-0.39, 0.29) is 0 Å². The van der Waals surface area contributed by atoms with Crippen LogP contribution in [0.15, 0.2) is 10.9 Å². The summed E-state index contributed by atoms with van der Waals surface area (Å²) in [5, 5.41) is 1.84. The van der Waals surface area contributed by atoms with Crippen LogP contribution in [0.4, 0.5) is 0 Å². The molecule has 0 atom stereocenters. The van der Waals surface area contributed by atoms with E-state index in [4.69, 9.17) is 0 Å². The standard InChI is InChI=1S/C15H34Si2/c1-8-9-10-11-12-13-15(17(5,6)7)14-16(2,3)4/h14H,8-13H2,1-7H3/b15-14+. The smallest absolute Gasteiger partial charge is 0.0715 e. The Hall–Kier alpha value is 0.174. The zero-order valence-corrected chi connectivity index (χ0v) is 15.3. The van der Waals surface area contributed by atoms with Gasteiger partial charge in [0.25, 0.3) is 0 Å². The minimum absolute atomic E-state index is 1.03. The Kier molecular flexibility index (Phi) is 7.65. The number of allylic oxidation sites excluding steroid dienone is 1. The molecule has 17 heavy (non-hydrogen) atoms. The molecule has 0 unspecified atom stereocenters. The van der Waals surface area contributed by atoms with Gasteiger partial charge in [-0.15, -0.1) is 0 Å². The monoisotopic (exact) mass is 270 g/mol. The molecule has 0 aliphatic heterocycles. The average Bonchev–Trinajstić information content (AvgIpc) is 2.12. The Bertz CT molecular complexity index is 228. The predicted molar refractivity (Wildman–Crippen MR) is 88.2 cm³/mol. The van der Waals surface area contributed by atoms with Crippen molar-refractivity contribution in [3.63, 3.8) is 0 Å². The van der Waals surface area contributed by atoms with E-state index < -0.39 is 16.1 Å². The van der Waals surface area contributed by atoms with Crippen LogP contribution in [0, 0.1) is 0 Å². The fourth-order valence-corrected chi connectivity index (χ4v) is 7.25. The Morgan fingerprint density at radius 1 is 0.824 bits per heavy atom. The van der Waals surface area contributed by atoms with Crippen LogP contribution in [-0.4, -0.2) is 16.1 Å². The molecule has 0 aliphatic carbocycles. The quantitative estimate of drug-likeness (QED) is 0.373. The van der Waals surface area contributed by atoms with Gasteiger partial charge < -0.3 is 0 Å². The number of rotatable bonds is 8. The first-order valence-corrected chi connectivity index (χ1v) is 14.5. The highest BCUT2D eigenvalue weighted by molar-refractivity contribution is 6.87. The summed E-state index contributed by atoms with van der Waals surface area (Å²) in [6, 6.07) is 0. The second-order valence-corrected chi connectivity index (χ2v) is 17.6. The van der Waals surface area contributed by atoms with Crippen LogP contribution >= 0.6 is 0 Å². The summed E-state index contributed by atoms with van der Waals surface area (Å²) in [6.07, 6.45) is 8.43. The van der Waals surface area contributed by atoms with E-state index in [0.29, 0.717) is 0 Å². The van der Waals surface area contributed by atoms with E-state index in [0.717, 1.165) is 0 Å². The first-order valence-electron chi connectivity index (χ1n) is 7.39. The van der Waals surface area contributed by atoms with Gasteiger partial charge >= 0.3 is 0 Å². The van der Waals surface area contributed by atoms with Crippen molar-refractivity contribution >= 4 is 16.1 Å². The van der Waals surface area contributed by atoms with Crippen LogP contribution in [0.2, 0.25) is 39.3 Å². The molecule has 0 rings (SSSR count). The Balaban J connectivity index is 4.29. The lowest BCUT2D eigenvalue weighted by Gasteiger charge is -2.25. The highest BCUT2D eigenvalue weighted by atomic mass is 28.3. The molecule has 0 N–H and O–H groups in total. The van der Waals surface area contributed by atoms with Gasteiger partial charge in [-0.3, -0.25) is 0 Å². The highest BCUT2D eigenvalue weighted by Gasteiger charge is 2.22. The molecular weight excluding hydrogens is 236 g/mol. The van der Waals surface area contributed by atoms with Gasteiger partial charge in [-0.2, -0.15) is 0 Å². The van der Waals surface area contributed by atoms with Crippen molar-refractivity contribution in [1.82, 2.24) is 0 Å². The minimum Gasteiger partial charge on any atom is -0.0995 e. The van der Waals surface area contributed by atoms with Gasteiger partial charge in [-0.05, 0) is 12.8 Å². The number of unbranched alkanes of at least 4 members (excludes halogenated alkanes) is 4. The van der Waals surface area contributed by atoms with E-state index in [9.17, 15) is 0 Å². The highest BCUT2D eigenvalue weighted by Crippen LogP contribution is 2.24. The number of hydrogen-bond acceptors (Lipinski definition) is 0. The molecule has 0 heterocycles. The van der Waals surface area contributed by atoms with Crippen molar-refractivity contribution in [2.24, 2.45) is 0 Å². The molecule has 0 bridgehead atoms. The lowest BCUT2D eigenvalue weighted by molar-refractivity contribution is 0.634. The second-order valence-electron chi connectivity index (χ2n) is 7.45. The molecule has 102 valence electrons. The third-order valence-corrected chi connectivity index (χ3v) is 6.94. The molecule has 0 saturated carbocycles. The molecule has 0 nitrogen and oxygen atoms in total. The van der Waals surface area contributed by atoms with E-state index in [1.165, 1.54) is 38.5 Å². The van der Waals surface area contributed by atoms with Gasteiger partial charge in [0.05, 0.1) is 16.1 Å². The first kappa shape index (κ1) is 17.2.